The number of benzene rings is 1. The van der Waals surface area contributed by atoms with Crippen molar-refractivity contribution in [2.45, 2.75) is 37.8 Å². The van der Waals surface area contributed by atoms with Crippen LogP contribution in [0.1, 0.15) is 36.0 Å². The van der Waals surface area contributed by atoms with Gasteiger partial charge in [0.25, 0.3) is 0 Å². The fraction of sp³-hybridized carbons (Fsp3) is 0.462. The summed E-state index contributed by atoms with van der Waals surface area (Å²) in [6, 6.07) is 6.88. The number of anilines is 1. The number of nitrogen functional groups attached to an aromatic ring is 1. The number of hydrogen-bond donors (Lipinski definition) is 2. The molecule has 1 aromatic rings. The number of hydrogen-bond acceptors (Lipinski definition) is 4. The Morgan fingerprint density at radius 3 is 2.65 bits per heavy atom. The smallest absolute Gasteiger partial charge is 0.340 e. The van der Waals surface area contributed by atoms with Crippen molar-refractivity contribution in [1.29, 1.82) is 0 Å². The first kappa shape index (κ1) is 11.9. The molecule has 4 nitrogen and oxygen atoms in total. The standard InChI is InChI=1S/C13H18N2O2/c14-10-6-2-1-5-9(10)13(16)17-12-8-4-3-7-11(12)15/h1-2,5-6,11-12H,3-4,7-8,14-15H2. The van der Waals surface area contributed by atoms with Crippen molar-refractivity contribution >= 4 is 11.7 Å². The number of rotatable bonds is 2. The minimum atomic E-state index is -0.370. The van der Waals surface area contributed by atoms with Crippen molar-refractivity contribution in [3.63, 3.8) is 0 Å². The lowest BCUT2D eigenvalue weighted by atomic mass is 9.93. The summed E-state index contributed by atoms with van der Waals surface area (Å²) in [6.45, 7) is 0. The molecule has 1 aromatic carbocycles. The van der Waals surface area contributed by atoms with E-state index < -0.39 is 0 Å². The molecule has 2 atom stereocenters. The van der Waals surface area contributed by atoms with Crippen LogP contribution in [0, 0.1) is 0 Å². The molecule has 0 bridgehead atoms. The monoisotopic (exact) mass is 234 g/mol. The van der Waals surface area contributed by atoms with Gasteiger partial charge in [0.1, 0.15) is 6.10 Å². The van der Waals surface area contributed by atoms with Gasteiger partial charge >= 0.3 is 5.97 Å². The van der Waals surface area contributed by atoms with Gasteiger partial charge < -0.3 is 16.2 Å². The minimum absolute atomic E-state index is 0.0439. The number of ether oxygens (including phenoxy) is 1. The summed E-state index contributed by atoms with van der Waals surface area (Å²) in [5.41, 5.74) is 12.5. The normalized spacial score (nSPS) is 24.3. The van der Waals surface area contributed by atoms with Gasteiger partial charge in [-0.25, -0.2) is 4.79 Å². The lowest BCUT2D eigenvalue weighted by Gasteiger charge is -2.28. The molecule has 1 fully saturated rings. The molecule has 17 heavy (non-hydrogen) atoms. The van der Waals surface area contributed by atoms with E-state index >= 15 is 0 Å². The second-order valence-electron chi connectivity index (χ2n) is 4.48. The summed E-state index contributed by atoms with van der Waals surface area (Å²) < 4.78 is 5.43. The third kappa shape index (κ3) is 2.77. The molecule has 0 aliphatic heterocycles. The Labute approximate surface area is 101 Å². The van der Waals surface area contributed by atoms with Crippen molar-refractivity contribution < 1.29 is 9.53 Å². The maximum absolute atomic E-state index is 11.9. The maximum Gasteiger partial charge on any atom is 0.340 e. The average molecular weight is 234 g/mol. The van der Waals surface area contributed by atoms with Crippen LogP contribution in [-0.2, 0) is 4.74 Å². The quantitative estimate of drug-likeness (QED) is 0.603. The first-order valence-corrected chi connectivity index (χ1v) is 5.99. The van der Waals surface area contributed by atoms with Crippen LogP contribution < -0.4 is 11.5 Å². The Morgan fingerprint density at radius 1 is 1.24 bits per heavy atom. The lowest BCUT2D eigenvalue weighted by Crippen LogP contribution is -2.40. The molecule has 1 saturated carbocycles. The van der Waals surface area contributed by atoms with Crippen molar-refractivity contribution in [3.8, 4) is 0 Å². The predicted octanol–water partition coefficient (Wildman–Crippen LogP) is 1.70. The first-order valence-electron chi connectivity index (χ1n) is 5.99. The molecule has 0 amide bonds. The van der Waals surface area contributed by atoms with E-state index in [0.29, 0.717) is 11.3 Å². The second-order valence-corrected chi connectivity index (χ2v) is 4.48. The molecule has 4 N–H and O–H groups in total. The molecule has 1 aliphatic carbocycles. The van der Waals surface area contributed by atoms with Gasteiger partial charge in [-0.15, -0.1) is 0 Å². The number of esters is 1. The summed E-state index contributed by atoms with van der Waals surface area (Å²) in [6.07, 6.45) is 3.77. The third-order valence-electron chi connectivity index (χ3n) is 3.19. The van der Waals surface area contributed by atoms with E-state index in [9.17, 15) is 4.79 Å². The molecular weight excluding hydrogens is 216 g/mol. The second kappa shape index (κ2) is 5.19. The minimum Gasteiger partial charge on any atom is -0.457 e. The van der Waals surface area contributed by atoms with Gasteiger partial charge in [-0.3, -0.25) is 0 Å². The van der Waals surface area contributed by atoms with Crippen LogP contribution in [0.3, 0.4) is 0 Å². The zero-order chi connectivity index (χ0) is 12.3. The maximum atomic E-state index is 11.9. The largest absolute Gasteiger partial charge is 0.457 e. The Morgan fingerprint density at radius 2 is 1.94 bits per heavy atom. The van der Waals surface area contributed by atoms with Gasteiger partial charge in [0.15, 0.2) is 0 Å². The predicted molar refractivity (Wildman–Crippen MR) is 66.5 cm³/mol. The topological polar surface area (TPSA) is 78.3 Å². The summed E-state index contributed by atoms with van der Waals surface area (Å²) in [5, 5.41) is 0. The molecule has 2 unspecified atom stereocenters. The van der Waals surface area contributed by atoms with Crippen molar-refractivity contribution in [2.75, 3.05) is 5.73 Å². The van der Waals surface area contributed by atoms with Crippen molar-refractivity contribution in [2.24, 2.45) is 5.73 Å². The zero-order valence-corrected chi connectivity index (χ0v) is 9.76. The van der Waals surface area contributed by atoms with Gasteiger partial charge in [-0.05, 0) is 31.4 Å². The summed E-state index contributed by atoms with van der Waals surface area (Å²) in [5.74, 6) is -0.370. The van der Waals surface area contributed by atoms with Crippen molar-refractivity contribution in [1.82, 2.24) is 0 Å². The van der Waals surface area contributed by atoms with Crippen LogP contribution in [-0.4, -0.2) is 18.1 Å². The number of carbonyl (C=O) groups is 1. The summed E-state index contributed by atoms with van der Waals surface area (Å²) in [4.78, 5) is 11.9. The molecule has 0 spiro atoms. The van der Waals surface area contributed by atoms with Gasteiger partial charge in [-0.2, -0.15) is 0 Å². The van der Waals surface area contributed by atoms with Gasteiger partial charge in [0.2, 0.25) is 0 Å². The molecule has 1 aliphatic rings. The zero-order valence-electron chi connectivity index (χ0n) is 9.76. The Balaban J connectivity index is 2.04. The molecule has 92 valence electrons. The Hall–Kier alpha value is -1.55. The van der Waals surface area contributed by atoms with Crippen LogP contribution in [0.15, 0.2) is 24.3 Å². The highest BCUT2D eigenvalue weighted by molar-refractivity contribution is 5.95. The molecule has 0 radical (unpaired) electrons. The van der Waals surface area contributed by atoms with E-state index in [2.05, 4.69) is 0 Å². The number of para-hydroxylation sites is 1. The number of nitrogens with two attached hydrogens (primary N) is 2. The van der Waals surface area contributed by atoms with Crippen LogP contribution in [0.5, 0.6) is 0 Å². The lowest BCUT2D eigenvalue weighted by molar-refractivity contribution is 0.0152. The summed E-state index contributed by atoms with van der Waals surface area (Å²) >= 11 is 0. The first-order chi connectivity index (χ1) is 8.18. The summed E-state index contributed by atoms with van der Waals surface area (Å²) in [7, 11) is 0. The van der Waals surface area contributed by atoms with Crippen molar-refractivity contribution in [3.05, 3.63) is 29.8 Å². The molecule has 4 heteroatoms. The van der Waals surface area contributed by atoms with Gasteiger partial charge in [0, 0.05) is 11.7 Å². The molecule has 2 rings (SSSR count). The van der Waals surface area contributed by atoms with E-state index in [1.54, 1.807) is 24.3 Å². The number of carbonyl (C=O) groups excluding carboxylic acids is 1. The van der Waals surface area contributed by atoms with Crippen LogP contribution in [0.4, 0.5) is 5.69 Å². The fourth-order valence-electron chi connectivity index (χ4n) is 2.16. The van der Waals surface area contributed by atoms with E-state index in [1.807, 2.05) is 0 Å². The Kier molecular flexibility index (Phi) is 3.64. The van der Waals surface area contributed by atoms with Crippen LogP contribution in [0.25, 0.3) is 0 Å². The highest BCUT2D eigenvalue weighted by atomic mass is 16.5. The van der Waals surface area contributed by atoms with E-state index in [4.69, 9.17) is 16.2 Å². The highest BCUT2D eigenvalue weighted by Gasteiger charge is 2.26. The SMILES string of the molecule is Nc1ccccc1C(=O)OC1CCCCC1N. The molecule has 0 heterocycles. The van der Waals surface area contributed by atoms with Gasteiger partial charge in [0.05, 0.1) is 5.56 Å². The molecular formula is C13H18N2O2. The van der Waals surface area contributed by atoms with E-state index in [1.165, 1.54) is 0 Å². The third-order valence-corrected chi connectivity index (χ3v) is 3.19. The molecule has 0 saturated heterocycles. The van der Waals surface area contributed by atoms with Crippen LogP contribution in [0.2, 0.25) is 0 Å². The van der Waals surface area contributed by atoms with Crippen LogP contribution >= 0.6 is 0 Å². The fourth-order valence-corrected chi connectivity index (χ4v) is 2.16. The van der Waals surface area contributed by atoms with E-state index in [0.717, 1.165) is 25.7 Å². The highest BCUT2D eigenvalue weighted by Crippen LogP contribution is 2.22. The van der Waals surface area contributed by atoms with E-state index in [-0.39, 0.29) is 18.1 Å². The van der Waals surface area contributed by atoms with Gasteiger partial charge in [-0.1, -0.05) is 18.6 Å². The molecule has 0 aromatic heterocycles. The average Bonchev–Trinajstić information content (AvgIpc) is 2.32. The Bertz CT molecular complexity index is 406.